The van der Waals surface area contributed by atoms with Gasteiger partial charge in [0.25, 0.3) is 0 Å². The smallest absolute Gasteiger partial charge is 0.390 e. The van der Waals surface area contributed by atoms with Crippen LogP contribution in [0.25, 0.3) is 0 Å². The fraction of sp³-hybridized carbons (Fsp3) is 0.667. The van der Waals surface area contributed by atoms with Gasteiger partial charge in [0.2, 0.25) is 0 Å². The summed E-state index contributed by atoms with van der Waals surface area (Å²) in [4.78, 5) is 4.57. The van der Waals surface area contributed by atoms with Crippen LogP contribution in [0.3, 0.4) is 0 Å². The summed E-state index contributed by atoms with van der Waals surface area (Å²) in [5.41, 5.74) is 2.49. The minimum absolute atomic E-state index is 0.738. The average Bonchev–Trinajstić information content (AvgIpc) is 2.58. The fourth-order valence-electron chi connectivity index (χ4n) is 2.52. The second-order valence-corrected chi connectivity index (χ2v) is 5.17. The van der Waals surface area contributed by atoms with Crippen LogP contribution >= 0.6 is 0 Å². The van der Waals surface area contributed by atoms with Crippen LogP contribution < -0.4 is 0 Å². The van der Waals surface area contributed by atoms with Crippen LogP contribution in [0.2, 0.25) is 0 Å². The van der Waals surface area contributed by atoms with Crippen LogP contribution in [0.4, 0.5) is 0 Å². The van der Waals surface area contributed by atoms with Gasteiger partial charge < -0.3 is 9.62 Å². The number of nitrogens with zero attached hydrogens (tertiary/aromatic N) is 2. The lowest BCUT2D eigenvalue weighted by Gasteiger charge is -2.26. The SMILES string of the molecule is C=C1CC(C)CN1[B]N1CC(C)CC1=C. The molecule has 0 aromatic rings. The third kappa shape index (κ3) is 2.22. The molecule has 0 aliphatic carbocycles. The van der Waals surface area contributed by atoms with E-state index in [-0.39, 0.29) is 0 Å². The summed E-state index contributed by atoms with van der Waals surface area (Å²) < 4.78 is 0. The molecule has 2 saturated heterocycles. The van der Waals surface area contributed by atoms with Crippen LogP contribution in [0.1, 0.15) is 26.7 Å². The molecule has 81 valence electrons. The molecular formula is C12H20BN2. The van der Waals surface area contributed by atoms with Crippen LogP contribution in [0, 0.1) is 11.8 Å². The lowest BCUT2D eigenvalue weighted by molar-refractivity contribution is 0.477. The molecule has 0 saturated carbocycles. The topological polar surface area (TPSA) is 6.48 Å². The monoisotopic (exact) mass is 203 g/mol. The Balaban J connectivity index is 1.92. The molecule has 2 aliphatic rings. The summed E-state index contributed by atoms with van der Waals surface area (Å²) in [7, 11) is 2.21. The van der Waals surface area contributed by atoms with E-state index in [0.29, 0.717) is 0 Å². The molecular weight excluding hydrogens is 183 g/mol. The third-order valence-electron chi connectivity index (χ3n) is 3.28. The molecule has 0 aromatic heterocycles. The van der Waals surface area contributed by atoms with E-state index in [1.165, 1.54) is 11.4 Å². The van der Waals surface area contributed by atoms with Gasteiger partial charge in [-0.25, -0.2) is 0 Å². The number of rotatable bonds is 2. The van der Waals surface area contributed by atoms with E-state index < -0.39 is 0 Å². The molecule has 0 bridgehead atoms. The summed E-state index contributed by atoms with van der Waals surface area (Å²) in [5, 5.41) is 0. The molecule has 2 unspecified atom stereocenters. The second kappa shape index (κ2) is 3.95. The van der Waals surface area contributed by atoms with Crippen LogP contribution in [-0.4, -0.2) is 30.3 Å². The Morgan fingerprint density at radius 2 is 1.40 bits per heavy atom. The standard InChI is InChI=1S/C12H20BN2/c1-9-5-11(3)14(7-9)13-15-8-10(2)6-12(15)4/h9-10H,3-8H2,1-2H3. The van der Waals surface area contributed by atoms with Crippen molar-refractivity contribution in [3.63, 3.8) is 0 Å². The molecule has 2 atom stereocenters. The van der Waals surface area contributed by atoms with Gasteiger partial charge in [-0.1, -0.05) is 27.0 Å². The van der Waals surface area contributed by atoms with Crippen molar-refractivity contribution in [2.45, 2.75) is 26.7 Å². The number of allylic oxidation sites excluding steroid dienone is 2. The predicted molar refractivity (Wildman–Crippen MR) is 65.0 cm³/mol. The maximum Gasteiger partial charge on any atom is 0.390 e. The van der Waals surface area contributed by atoms with Gasteiger partial charge in [0.15, 0.2) is 0 Å². The van der Waals surface area contributed by atoms with Gasteiger partial charge in [0.05, 0.1) is 0 Å². The van der Waals surface area contributed by atoms with Gasteiger partial charge in [-0.2, -0.15) is 0 Å². The maximum atomic E-state index is 4.11. The highest BCUT2D eigenvalue weighted by molar-refractivity contribution is 6.30. The Labute approximate surface area is 93.9 Å². The first kappa shape index (κ1) is 10.7. The van der Waals surface area contributed by atoms with Gasteiger partial charge in [-0.05, 0) is 36.1 Å². The van der Waals surface area contributed by atoms with Crippen LogP contribution in [0.5, 0.6) is 0 Å². The summed E-state index contributed by atoms with van der Waals surface area (Å²) in [6, 6.07) is 0. The van der Waals surface area contributed by atoms with Crippen molar-refractivity contribution in [2.75, 3.05) is 13.1 Å². The van der Waals surface area contributed by atoms with Gasteiger partial charge in [0, 0.05) is 13.1 Å². The van der Waals surface area contributed by atoms with E-state index in [0.717, 1.165) is 37.8 Å². The quantitative estimate of drug-likeness (QED) is 0.635. The Morgan fingerprint density at radius 1 is 1.00 bits per heavy atom. The molecule has 15 heavy (non-hydrogen) atoms. The molecule has 3 heteroatoms. The van der Waals surface area contributed by atoms with Gasteiger partial charge >= 0.3 is 7.55 Å². The summed E-state index contributed by atoms with van der Waals surface area (Å²) >= 11 is 0. The van der Waals surface area contributed by atoms with E-state index >= 15 is 0 Å². The van der Waals surface area contributed by atoms with Gasteiger partial charge in [-0.15, -0.1) is 0 Å². The van der Waals surface area contributed by atoms with Crippen molar-refractivity contribution >= 4 is 7.55 Å². The van der Waals surface area contributed by atoms with Crippen molar-refractivity contribution in [3.8, 4) is 0 Å². The highest BCUT2D eigenvalue weighted by Crippen LogP contribution is 2.28. The predicted octanol–water partition coefficient (Wildman–Crippen LogP) is 2.23. The zero-order valence-corrected chi connectivity index (χ0v) is 9.87. The Hall–Kier alpha value is -0.855. The van der Waals surface area contributed by atoms with E-state index in [1.807, 2.05) is 0 Å². The third-order valence-corrected chi connectivity index (χ3v) is 3.28. The van der Waals surface area contributed by atoms with Gasteiger partial charge in [-0.3, -0.25) is 0 Å². The van der Waals surface area contributed by atoms with Crippen molar-refractivity contribution in [1.29, 1.82) is 0 Å². The minimum atomic E-state index is 0.738. The molecule has 0 amide bonds. The zero-order chi connectivity index (χ0) is 11.0. The largest absolute Gasteiger partial charge is 0.402 e. The molecule has 2 aliphatic heterocycles. The molecule has 0 aromatic carbocycles. The average molecular weight is 203 g/mol. The first-order chi connectivity index (χ1) is 7.06. The van der Waals surface area contributed by atoms with E-state index in [2.05, 4.69) is 44.2 Å². The first-order valence-electron chi connectivity index (χ1n) is 5.80. The Bertz CT molecular complexity index is 259. The zero-order valence-electron chi connectivity index (χ0n) is 9.87. The molecule has 2 fully saturated rings. The molecule has 0 spiro atoms. The molecule has 1 radical (unpaired) electrons. The Morgan fingerprint density at radius 3 is 1.67 bits per heavy atom. The van der Waals surface area contributed by atoms with Crippen molar-refractivity contribution in [2.24, 2.45) is 11.8 Å². The second-order valence-electron chi connectivity index (χ2n) is 5.17. The highest BCUT2D eigenvalue weighted by Gasteiger charge is 2.29. The highest BCUT2D eigenvalue weighted by atomic mass is 15.2. The molecule has 2 heterocycles. The van der Waals surface area contributed by atoms with Crippen molar-refractivity contribution < 1.29 is 0 Å². The number of hydrogen-bond acceptors (Lipinski definition) is 2. The molecule has 2 nitrogen and oxygen atoms in total. The lowest BCUT2D eigenvalue weighted by atomic mass is 10.0. The lowest BCUT2D eigenvalue weighted by Crippen LogP contribution is -2.37. The molecule has 2 rings (SSSR count). The summed E-state index contributed by atoms with van der Waals surface area (Å²) in [5.74, 6) is 1.48. The fourth-order valence-corrected chi connectivity index (χ4v) is 2.52. The maximum absolute atomic E-state index is 4.11. The van der Waals surface area contributed by atoms with Gasteiger partial charge in [0.1, 0.15) is 0 Å². The summed E-state index contributed by atoms with van der Waals surface area (Å²) in [6.07, 6.45) is 2.26. The minimum Gasteiger partial charge on any atom is -0.402 e. The van der Waals surface area contributed by atoms with E-state index in [1.54, 1.807) is 0 Å². The molecule has 0 N–H and O–H groups in total. The van der Waals surface area contributed by atoms with Crippen molar-refractivity contribution in [3.05, 3.63) is 24.6 Å². The van der Waals surface area contributed by atoms with E-state index in [4.69, 9.17) is 0 Å². The van der Waals surface area contributed by atoms with Crippen LogP contribution in [-0.2, 0) is 0 Å². The Kier molecular flexibility index (Phi) is 2.81. The normalized spacial score (nSPS) is 31.6. The first-order valence-corrected chi connectivity index (χ1v) is 5.80. The van der Waals surface area contributed by atoms with Crippen molar-refractivity contribution in [1.82, 2.24) is 9.62 Å². The number of hydrogen-bond donors (Lipinski definition) is 0. The summed E-state index contributed by atoms with van der Waals surface area (Å²) in [6.45, 7) is 15.0. The van der Waals surface area contributed by atoms with E-state index in [9.17, 15) is 0 Å². The van der Waals surface area contributed by atoms with Crippen LogP contribution in [0.15, 0.2) is 24.6 Å².